The molecule has 0 radical (unpaired) electrons. The van der Waals surface area contributed by atoms with E-state index in [2.05, 4.69) is 34.5 Å². The van der Waals surface area contributed by atoms with Crippen molar-refractivity contribution in [2.75, 3.05) is 20.8 Å². The van der Waals surface area contributed by atoms with Crippen LogP contribution in [0.15, 0.2) is 52.1 Å². The second-order valence-electron chi connectivity index (χ2n) is 7.19. The number of thiophene rings is 1. The van der Waals surface area contributed by atoms with Crippen LogP contribution in [0.2, 0.25) is 0 Å². The fraction of sp³-hybridized carbons (Fsp3) is 0.273. The first-order valence-electron chi connectivity index (χ1n) is 9.66. The van der Waals surface area contributed by atoms with E-state index < -0.39 is 0 Å². The van der Waals surface area contributed by atoms with Crippen LogP contribution in [-0.4, -0.2) is 35.0 Å². The minimum atomic E-state index is -0.0345. The summed E-state index contributed by atoms with van der Waals surface area (Å²) in [6.45, 7) is 1.48. The average Bonchev–Trinajstić information content (AvgIpc) is 3.45. The Morgan fingerprint density at radius 3 is 2.73 bits per heavy atom. The number of hydrogen-bond acceptors (Lipinski definition) is 7. The number of nitrogens with zero attached hydrogens (tertiary/aromatic N) is 3. The largest absolute Gasteiger partial charge is 0.493 e. The minimum absolute atomic E-state index is 0.0345. The van der Waals surface area contributed by atoms with E-state index >= 15 is 0 Å². The lowest BCUT2D eigenvalue weighted by atomic mass is 9.90. The zero-order valence-electron chi connectivity index (χ0n) is 16.7. The number of aromatic nitrogens is 2. The Hall–Kier alpha value is -2.68. The van der Waals surface area contributed by atoms with Crippen LogP contribution in [0, 0.1) is 0 Å². The summed E-state index contributed by atoms with van der Waals surface area (Å²) in [4.78, 5) is 21.6. The van der Waals surface area contributed by atoms with Crippen molar-refractivity contribution in [1.82, 2.24) is 14.3 Å². The van der Waals surface area contributed by atoms with Gasteiger partial charge < -0.3 is 9.47 Å². The molecular weight excluding hydrogens is 418 g/mol. The predicted molar refractivity (Wildman–Crippen MR) is 119 cm³/mol. The molecule has 1 atom stereocenters. The van der Waals surface area contributed by atoms with Crippen LogP contribution in [0.1, 0.15) is 27.7 Å². The van der Waals surface area contributed by atoms with Gasteiger partial charge in [0.05, 0.1) is 26.0 Å². The molecule has 0 amide bonds. The smallest absolute Gasteiger partial charge is 0.258 e. The number of hydrogen-bond donors (Lipinski definition) is 0. The van der Waals surface area contributed by atoms with Crippen molar-refractivity contribution in [3.05, 3.63) is 79.3 Å². The Bertz CT molecular complexity index is 1250. The van der Waals surface area contributed by atoms with Crippen LogP contribution in [0.5, 0.6) is 11.5 Å². The van der Waals surface area contributed by atoms with Gasteiger partial charge >= 0.3 is 0 Å². The Labute approximate surface area is 182 Å². The fourth-order valence-electron chi connectivity index (χ4n) is 4.13. The zero-order valence-corrected chi connectivity index (χ0v) is 18.3. The lowest BCUT2D eigenvalue weighted by Crippen LogP contribution is -2.36. The van der Waals surface area contributed by atoms with Crippen molar-refractivity contribution < 1.29 is 9.47 Å². The summed E-state index contributed by atoms with van der Waals surface area (Å²) in [6, 6.07) is 10.2. The number of ether oxygens (including phenoxy) is 2. The highest BCUT2D eigenvalue weighted by Gasteiger charge is 2.31. The van der Waals surface area contributed by atoms with Crippen LogP contribution in [0.25, 0.3) is 4.96 Å². The molecule has 0 N–H and O–H groups in total. The molecule has 154 valence electrons. The fourth-order valence-corrected chi connectivity index (χ4v) is 5.74. The predicted octanol–water partition coefficient (Wildman–Crippen LogP) is 3.98. The van der Waals surface area contributed by atoms with E-state index in [1.54, 1.807) is 42.2 Å². The van der Waals surface area contributed by atoms with Crippen LogP contribution in [-0.2, 0) is 13.0 Å². The van der Waals surface area contributed by atoms with Crippen LogP contribution >= 0.6 is 22.7 Å². The van der Waals surface area contributed by atoms with Crippen molar-refractivity contribution >= 4 is 27.6 Å². The molecule has 0 fully saturated rings. The molecule has 1 aliphatic heterocycles. The number of rotatable bonds is 5. The maximum atomic E-state index is 12.4. The third-order valence-corrected chi connectivity index (χ3v) is 7.19. The molecule has 6 nitrogen and oxygen atoms in total. The quantitative estimate of drug-likeness (QED) is 0.471. The topological polar surface area (TPSA) is 56.1 Å². The van der Waals surface area contributed by atoms with Crippen molar-refractivity contribution in [3.8, 4) is 11.5 Å². The highest BCUT2D eigenvalue weighted by molar-refractivity contribution is 7.15. The second-order valence-corrected chi connectivity index (χ2v) is 9.04. The van der Waals surface area contributed by atoms with E-state index in [0.717, 1.165) is 35.1 Å². The standard InChI is InChI=1S/C22H21N3O3S2/c1-27-17-10-14-5-6-24(13-15-11-20(26)25-7-9-30-22(25)23-15)21(19-4-3-8-29-19)16(14)12-18(17)28-2/h3-4,7-12,21H,5-6,13H2,1-2H3. The zero-order chi connectivity index (χ0) is 20.7. The molecule has 4 heterocycles. The minimum Gasteiger partial charge on any atom is -0.493 e. The van der Waals surface area contributed by atoms with E-state index in [1.807, 2.05) is 5.38 Å². The van der Waals surface area contributed by atoms with Gasteiger partial charge in [-0.05, 0) is 41.1 Å². The highest BCUT2D eigenvalue weighted by atomic mass is 32.1. The third-order valence-electron chi connectivity index (χ3n) is 5.51. The average molecular weight is 440 g/mol. The van der Waals surface area contributed by atoms with Crippen molar-refractivity contribution in [2.45, 2.75) is 19.0 Å². The van der Waals surface area contributed by atoms with Gasteiger partial charge in [0.15, 0.2) is 16.5 Å². The first-order valence-corrected chi connectivity index (χ1v) is 11.4. The second kappa shape index (κ2) is 7.86. The van der Waals surface area contributed by atoms with Gasteiger partial charge in [0.2, 0.25) is 0 Å². The molecular formula is C22H21N3O3S2. The maximum absolute atomic E-state index is 12.4. The normalized spacial score (nSPS) is 16.5. The maximum Gasteiger partial charge on any atom is 0.258 e. The third kappa shape index (κ3) is 3.30. The molecule has 0 aliphatic carbocycles. The molecule has 30 heavy (non-hydrogen) atoms. The number of methoxy groups -OCH3 is 2. The summed E-state index contributed by atoms with van der Waals surface area (Å²) in [5.41, 5.74) is 3.25. The molecule has 3 aromatic heterocycles. The van der Waals surface area contributed by atoms with Crippen LogP contribution in [0.4, 0.5) is 0 Å². The summed E-state index contributed by atoms with van der Waals surface area (Å²) in [5, 5.41) is 3.99. The lowest BCUT2D eigenvalue weighted by molar-refractivity contribution is 0.203. The van der Waals surface area contributed by atoms with Gasteiger partial charge in [0, 0.05) is 35.6 Å². The Morgan fingerprint density at radius 1 is 1.13 bits per heavy atom. The lowest BCUT2D eigenvalue weighted by Gasteiger charge is -2.37. The molecule has 1 unspecified atom stereocenters. The Morgan fingerprint density at radius 2 is 1.97 bits per heavy atom. The number of fused-ring (bicyclic) bond motifs is 2. The van der Waals surface area contributed by atoms with E-state index in [1.165, 1.54) is 27.3 Å². The molecule has 0 bridgehead atoms. The molecule has 0 spiro atoms. The molecule has 4 aromatic rings. The van der Waals surface area contributed by atoms with Gasteiger partial charge in [-0.15, -0.1) is 22.7 Å². The van der Waals surface area contributed by atoms with E-state index in [-0.39, 0.29) is 11.6 Å². The van der Waals surface area contributed by atoms with Gasteiger partial charge in [0.25, 0.3) is 5.56 Å². The molecule has 5 rings (SSSR count). The Kier molecular flexibility index (Phi) is 5.06. The molecule has 8 heteroatoms. The molecule has 1 aromatic carbocycles. The first kappa shape index (κ1) is 19.3. The van der Waals surface area contributed by atoms with Gasteiger partial charge in [-0.1, -0.05) is 6.07 Å². The molecule has 1 aliphatic rings. The van der Waals surface area contributed by atoms with Gasteiger partial charge in [-0.3, -0.25) is 14.1 Å². The summed E-state index contributed by atoms with van der Waals surface area (Å²) in [6.07, 6.45) is 2.67. The van der Waals surface area contributed by atoms with Crippen molar-refractivity contribution in [2.24, 2.45) is 0 Å². The summed E-state index contributed by atoms with van der Waals surface area (Å²) in [7, 11) is 3.33. The van der Waals surface area contributed by atoms with E-state index in [4.69, 9.17) is 14.5 Å². The molecule has 0 saturated carbocycles. The molecule has 0 saturated heterocycles. The van der Waals surface area contributed by atoms with E-state index in [9.17, 15) is 4.79 Å². The van der Waals surface area contributed by atoms with Crippen LogP contribution < -0.4 is 15.0 Å². The summed E-state index contributed by atoms with van der Waals surface area (Å²) >= 11 is 3.22. The number of benzene rings is 1. The van der Waals surface area contributed by atoms with Gasteiger partial charge in [-0.25, -0.2) is 4.98 Å². The number of thiazole rings is 1. The van der Waals surface area contributed by atoms with Crippen molar-refractivity contribution in [1.29, 1.82) is 0 Å². The van der Waals surface area contributed by atoms with Crippen molar-refractivity contribution in [3.63, 3.8) is 0 Å². The highest BCUT2D eigenvalue weighted by Crippen LogP contribution is 2.42. The SMILES string of the molecule is COc1cc2c(cc1OC)C(c1cccs1)N(Cc1cc(=O)n3ccsc3n1)CC2. The van der Waals surface area contributed by atoms with Gasteiger partial charge in [0.1, 0.15) is 0 Å². The summed E-state index contributed by atoms with van der Waals surface area (Å²) in [5.74, 6) is 1.49. The monoisotopic (exact) mass is 439 g/mol. The Balaban J connectivity index is 1.57. The van der Waals surface area contributed by atoms with Crippen LogP contribution in [0.3, 0.4) is 0 Å². The summed E-state index contributed by atoms with van der Waals surface area (Å²) < 4.78 is 12.7. The van der Waals surface area contributed by atoms with Gasteiger partial charge in [-0.2, -0.15) is 0 Å². The first-order chi connectivity index (χ1) is 14.7. The van der Waals surface area contributed by atoms with E-state index in [0.29, 0.717) is 6.54 Å².